The first kappa shape index (κ1) is 48.2. The number of ether oxygens (including phenoxy) is 2. The van der Waals surface area contributed by atoms with Crippen LogP contribution in [0.2, 0.25) is 0 Å². The molecule has 50 heavy (non-hydrogen) atoms. The van der Waals surface area contributed by atoms with Crippen LogP contribution in [-0.4, -0.2) is 52.3 Å². The Hall–Kier alpha value is -1.77. The molecule has 0 rings (SSSR count). The van der Waals surface area contributed by atoms with Crippen LogP contribution < -0.4 is 0 Å². The molecule has 0 bridgehead atoms. The number of carbonyl (C=O) groups is 2. The van der Waals surface area contributed by atoms with Gasteiger partial charge < -0.3 is 24.4 Å². The first-order valence-electron chi connectivity index (χ1n) is 19.7. The summed E-state index contributed by atoms with van der Waals surface area (Å²) in [5.74, 6) is -0.139. The van der Waals surface area contributed by atoms with Gasteiger partial charge in [-0.25, -0.2) is 4.57 Å². The summed E-state index contributed by atoms with van der Waals surface area (Å²) in [5.41, 5.74) is 0. The first-order chi connectivity index (χ1) is 24.0. The molecule has 10 heteroatoms. The summed E-state index contributed by atoms with van der Waals surface area (Å²) in [6, 6.07) is 0. The van der Waals surface area contributed by atoms with E-state index in [1.807, 2.05) is 18.2 Å². The second-order valence-corrected chi connectivity index (χ2v) is 15.2. The summed E-state index contributed by atoms with van der Waals surface area (Å²) in [6.45, 7) is 5.80. The summed E-state index contributed by atoms with van der Waals surface area (Å²) < 4.78 is 26.3. The average molecular weight is 729 g/mol. The van der Waals surface area contributed by atoms with Crippen LogP contribution in [0.25, 0.3) is 0 Å². The van der Waals surface area contributed by atoms with Crippen LogP contribution in [0.4, 0.5) is 0 Å². The molecule has 0 spiro atoms. The van der Waals surface area contributed by atoms with Gasteiger partial charge in [0.1, 0.15) is 6.61 Å². The van der Waals surface area contributed by atoms with E-state index in [0.29, 0.717) is 19.3 Å². The Balaban J connectivity index is 4.02. The predicted molar refractivity (Wildman–Crippen MR) is 204 cm³/mol. The first-order valence-corrected chi connectivity index (χ1v) is 21.3. The Labute approximate surface area is 304 Å². The van der Waals surface area contributed by atoms with E-state index in [1.54, 1.807) is 6.08 Å². The number of rotatable bonds is 35. The minimum atomic E-state index is -4.78. The van der Waals surface area contributed by atoms with Crippen molar-refractivity contribution in [2.45, 2.75) is 187 Å². The van der Waals surface area contributed by atoms with Crippen LogP contribution >= 0.6 is 7.82 Å². The number of allylic oxidation sites excluding steroid dienone is 5. The lowest BCUT2D eigenvalue weighted by molar-refractivity contribution is -0.161. The maximum atomic E-state index is 12.4. The minimum absolute atomic E-state index is 0.143. The van der Waals surface area contributed by atoms with Crippen molar-refractivity contribution in [1.29, 1.82) is 0 Å². The van der Waals surface area contributed by atoms with Crippen molar-refractivity contribution in [3.63, 3.8) is 0 Å². The largest absolute Gasteiger partial charge is 0.469 e. The van der Waals surface area contributed by atoms with Crippen molar-refractivity contribution in [2.75, 3.05) is 13.2 Å². The Kier molecular flexibility index (Phi) is 33.1. The van der Waals surface area contributed by atoms with Crippen molar-refractivity contribution in [3.8, 4) is 0 Å². The number of aliphatic hydroxyl groups is 1. The molecule has 0 heterocycles. The molecule has 9 nitrogen and oxygen atoms in total. The van der Waals surface area contributed by atoms with E-state index in [9.17, 15) is 19.3 Å². The minimum Gasteiger partial charge on any atom is -0.462 e. The fraction of sp³-hybridized carbons (Fsp3) is 0.800. The topological polar surface area (TPSA) is 140 Å². The van der Waals surface area contributed by atoms with Crippen LogP contribution in [0.15, 0.2) is 36.5 Å². The molecule has 0 aliphatic heterocycles. The highest BCUT2D eigenvalue weighted by Crippen LogP contribution is 2.36. The van der Waals surface area contributed by atoms with E-state index in [1.165, 1.54) is 70.6 Å². The molecule has 3 N–H and O–H groups in total. The van der Waals surface area contributed by atoms with Gasteiger partial charge in [-0.05, 0) is 38.0 Å². The second-order valence-electron chi connectivity index (χ2n) is 13.9. The number of unbranched alkanes of at least 4 members (excludes halogenated alkanes) is 16. The number of hydrogen-bond acceptors (Lipinski definition) is 7. The smallest absolute Gasteiger partial charge is 0.462 e. The van der Waals surface area contributed by atoms with Crippen LogP contribution in [0.5, 0.6) is 0 Å². The van der Waals surface area contributed by atoms with Gasteiger partial charge in [-0.3, -0.25) is 14.1 Å². The van der Waals surface area contributed by atoms with Gasteiger partial charge in [-0.1, -0.05) is 166 Å². The summed E-state index contributed by atoms with van der Waals surface area (Å²) in [6.07, 6.45) is 34.6. The van der Waals surface area contributed by atoms with Crippen LogP contribution in [0.1, 0.15) is 175 Å². The Bertz CT molecular complexity index is 941. The molecule has 0 aromatic carbocycles. The number of carbonyl (C=O) groups excluding carboxylic acids is 2. The Morgan fingerprint density at radius 1 is 0.640 bits per heavy atom. The van der Waals surface area contributed by atoms with Crippen molar-refractivity contribution >= 4 is 19.8 Å². The van der Waals surface area contributed by atoms with Crippen LogP contribution in [0, 0.1) is 5.92 Å². The molecular formula is C40H73O9P. The SMILES string of the molecule is CC/C=C/C/C=C/C=C/C(O)CCCCCCCC(=O)O[C@H](COC(=O)CCCCCCCCCCCCCCCC(C)C)COP(=O)(O)O. The van der Waals surface area contributed by atoms with Crippen molar-refractivity contribution < 1.29 is 43.0 Å². The predicted octanol–water partition coefficient (Wildman–Crippen LogP) is 10.6. The van der Waals surface area contributed by atoms with Crippen molar-refractivity contribution in [3.05, 3.63) is 36.5 Å². The fourth-order valence-electron chi connectivity index (χ4n) is 5.51. The zero-order valence-electron chi connectivity index (χ0n) is 31.8. The van der Waals surface area contributed by atoms with Gasteiger partial charge in [0, 0.05) is 12.8 Å². The molecule has 0 saturated heterocycles. The highest BCUT2D eigenvalue weighted by Gasteiger charge is 2.23. The van der Waals surface area contributed by atoms with Gasteiger partial charge in [0.25, 0.3) is 0 Å². The normalized spacial score (nSPS) is 13.6. The molecule has 0 radical (unpaired) electrons. The third-order valence-corrected chi connectivity index (χ3v) is 8.94. The Morgan fingerprint density at radius 2 is 1.14 bits per heavy atom. The van der Waals surface area contributed by atoms with Gasteiger partial charge in [-0.15, -0.1) is 0 Å². The number of esters is 2. The lowest BCUT2D eigenvalue weighted by atomic mass is 10.0. The highest BCUT2D eigenvalue weighted by molar-refractivity contribution is 7.46. The summed E-state index contributed by atoms with van der Waals surface area (Å²) in [4.78, 5) is 42.8. The summed E-state index contributed by atoms with van der Waals surface area (Å²) in [5, 5.41) is 10.1. The molecule has 0 amide bonds. The standard InChI is InChI=1S/C40H73O9P/c1-4-5-6-7-15-20-25-30-37(41)31-26-21-18-23-28-33-40(43)49-38(35-48-50(44,45)46)34-47-39(42)32-27-22-17-14-12-10-8-9-11-13-16-19-24-29-36(2)3/h5-6,15,20,25,30,36-38,41H,4,7-14,16-19,21-24,26-29,31-35H2,1-3H3,(H2,44,45,46)/b6-5+,20-15+,30-25+/t37?,38-/m1/s1. The molecule has 1 unspecified atom stereocenters. The lowest BCUT2D eigenvalue weighted by Gasteiger charge is -2.18. The van der Waals surface area contributed by atoms with E-state index in [2.05, 4.69) is 37.4 Å². The van der Waals surface area contributed by atoms with Crippen molar-refractivity contribution in [1.82, 2.24) is 0 Å². The van der Waals surface area contributed by atoms with Crippen LogP contribution in [0.3, 0.4) is 0 Å². The van der Waals surface area contributed by atoms with Gasteiger partial charge in [0.05, 0.1) is 12.7 Å². The average Bonchev–Trinajstić information content (AvgIpc) is 3.06. The molecule has 0 aliphatic rings. The monoisotopic (exact) mass is 728 g/mol. The molecule has 0 saturated carbocycles. The zero-order valence-corrected chi connectivity index (χ0v) is 32.7. The third-order valence-electron chi connectivity index (χ3n) is 8.46. The number of hydrogen-bond donors (Lipinski definition) is 3. The van der Waals surface area contributed by atoms with Crippen LogP contribution in [-0.2, 0) is 28.2 Å². The quantitative estimate of drug-likeness (QED) is 0.0191. The third kappa shape index (κ3) is 37.5. The molecule has 0 fully saturated rings. The number of aliphatic hydroxyl groups excluding tert-OH is 1. The molecule has 0 aromatic heterocycles. The molecular weight excluding hydrogens is 655 g/mol. The van der Waals surface area contributed by atoms with Gasteiger partial charge >= 0.3 is 19.8 Å². The van der Waals surface area contributed by atoms with Crippen molar-refractivity contribution in [2.24, 2.45) is 5.92 Å². The van der Waals surface area contributed by atoms with E-state index >= 15 is 0 Å². The number of phosphoric acid groups is 1. The fourth-order valence-corrected chi connectivity index (χ4v) is 5.87. The number of phosphoric ester groups is 1. The maximum absolute atomic E-state index is 12.4. The van der Waals surface area contributed by atoms with Gasteiger partial charge in [0.15, 0.2) is 6.10 Å². The van der Waals surface area contributed by atoms with E-state index in [0.717, 1.165) is 57.3 Å². The molecule has 0 aliphatic carbocycles. The maximum Gasteiger partial charge on any atom is 0.469 e. The van der Waals surface area contributed by atoms with E-state index in [4.69, 9.17) is 19.3 Å². The molecule has 292 valence electrons. The highest BCUT2D eigenvalue weighted by atomic mass is 31.2. The Morgan fingerprint density at radius 3 is 1.66 bits per heavy atom. The summed E-state index contributed by atoms with van der Waals surface area (Å²) >= 11 is 0. The lowest BCUT2D eigenvalue weighted by Crippen LogP contribution is -2.29. The van der Waals surface area contributed by atoms with Gasteiger partial charge in [-0.2, -0.15) is 0 Å². The molecule has 0 aromatic rings. The summed E-state index contributed by atoms with van der Waals surface area (Å²) in [7, 11) is -4.78. The van der Waals surface area contributed by atoms with Gasteiger partial charge in [0.2, 0.25) is 0 Å². The van der Waals surface area contributed by atoms with E-state index in [-0.39, 0.29) is 19.4 Å². The second kappa shape index (κ2) is 34.3. The molecule has 2 atom stereocenters. The van der Waals surface area contributed by atoms with E-state index < -0.39 is 38.6 Å². The zero-order chi connectivity index (χ0) is 37.1.